The van der Waals surface area contributed by atoms with Crippen molar-refractivity contribution in [3.05, 3.63) is 35.9 Å². The lowest BCUT2D eigenvalue weighted by atomic mass is 9.93. The van der Waals surface area contributed by atoms with Crippen molar-refractivity contribution in [3.8, 4) is 0 Å². The van der Waals surface area contributed by atoms with Gasteiger partial charge in [-0.15, -0.1) is 0 Å². The maximum atomic E-state index is 12.1. The molecule has 1 aromatic rings. The molecule has 1 aliphatic rings. The van der Waals surface area contributed by atoms with E-state index in [2.05, 4.69) is 5.32 Å². The van der Waals surface area contributed by atoms with Crippen LogP contribution >= 0.6 is 0 Å². The highest BCUT2D eigenvalue weighted by atomic mass is 16.5. The summed E-state index contributed by atoms with van der Waals surface area (Å²) in [4.78, 5) is 37.5. The number of amides is 2. The van der Waals surface area contributed by atoms with Gasteiger partial charge in [0.05, 0.1) is 19.6 Å². The number of carbonyl (C=O) groups is 3. The average Bonchev–Trinajstić information content (AvgIpc) is 2.63. The molecule has 2 atom stereocenters. The summed E-state index contributed by atoms with van der Waals surface area (Å²) in [6.07, 6.45) is 2.31. The molecule has 1 saturated heterocycles. The second kappa shape index (κ2) is 9.36. The van der Waals surface area contributed by atoms with Crippen molar-refractivity contribution in [2.24, 2.45) is 5.92 Å². The molecule has 0 spiro atoms. The largest absolute Gasteiger partial charge is 0.467 e. The topological polar surface area (TPSA) is 75.7 Å². The number of benzene rings is 1. The number of unbranched alkanes of at least 4 members (excludes halogenated alkanes) is 1. The Labute approximate surface area is 154 Å². The molecule has 1 aliphatic heterocycles. The van der Waals surface area contributed by atoms with Gasteiger partial charge in [-0.3, -0.25) is 9.59 Å². The second-order valence-corrected chi connectivity index (χ2v) is 6.99. The Kier molecular flexibility index (Phi) is 7.18. The molecule has 1 heterocycles. The molecule has 0 radical (unpaired) electrons. The van der Waals surface area contributed by atoms with E-state index in [-0.39, 0.29) is 23.8 Å². The van der Waals surface area contributed by atoms with Crippen LogP contribution in [0, 0.1) is 5.92 Å². The highest BCUT2D eigenvalue weighted by Crippen LogP contribution is 2.34. The van der Waals surface area contributed by atoms with Gasteiger partial charge < -0.3 is 15.0 Å². The van der Waals surface area contributed by atoms with Crippen molar-refractivity contribution in [1.29, 1.82) is 0 Å². The van der Waals surface area contributed by atoms with E-state index in [0.29, 0.717) is 25.8 Å². The summed E-state index contributed by atoms with van der Waals surface area (Å²) in [5.41, 5.74) is 1.16. The lowest BCUT2D eigenvalue weighted by Gasteiger charge is -2.41. The number of esters is 1. The minimum Gasteiger partial charge on any atom is -0.467 e. The zero-order valence-corrected chi connectivity index (χ0v) is 15.7. The van der Waals surface area contributed by atoms with E-state index in [1.165, 1.54) is 7.11 Å². The first-order chi connectivity index (χ1) is 12.4. The Morgan fingerprint density at radius 3 is 2.50 bits per heavy atom. The normalized spacial score (nSPS) is 17.6. The molecule has 1 fully saturated rings. The van der Waals surface area contributed by atoms with Crippen molar-refractivity contribution in [2.75, 3.05) is 13.7 Å². The minimum absolute atomic E-state index is 0.0308. The summed E-state index contributed by atoms with van der Waals surface area (Å²) in [6.45, 7) is 4.37. The third-order valence-corrected chi connectivity index (χ3v) is 4.74. The van der Waals surface area contributed by atoms with E-state index in [1.54, 1.807) is 0 Å². The maximum absolute atomic E-state index is 12.1. The summed E-state index contributed by atoms with van der Waals surface area (Å²) >= 11 is 0. The highest BCUT2D eigenvalue weighted by molar-refractivity contribution is 5.85. The molecule has 0 saturated carbocycles. The van der Waals surface area contributed by atoms with Crippen LogP contribution in [0.5, 0.6) is 0 Å². The molecule has 0 aliphatic carbocycles. The Morgan fingerprint density at radius 1 is 1.23 bits per heavy atom. The van der Waals surface area contributed by atoms with Crippen LogP contribution in [0.25, 0.3) is 0 Å². The van der Waals surface area contributed by atoms with Gasteiger partial charge in [-0.25, -0.2) is 4.79 Å². The number of hydrogen-bond acceptors (Lipinski definition) is 4. The number of methoxy groups -OCH3 is 1. The molecule has 142 valence electrons. The fraction of sp³-hybridized carbons (Fsp3) is 0.550. The molecule has 0 aromatic heterocycles. The molecule has 2 amide bonds. The van der Waals surface area contributed by atoms with Crippen LogP contribution in [0.15, 0.2) is 30.3 Å². The number of rotatable bonds is 9. The van der Waals surface area contributed by atoms with E-state index in [9.17, 15) is 14.4 Å². The number of likely N-dealkylation sites (tertiary alicyclic amines) is 1. The molecule has 1 unspecified atom stereocenters. The van der Waals surface area contributed by atoms with Gasteiger partial charge in [0.25, 0.3) is 0 Å². The number of nitrogens with one attached hydrogen (secondary N) is 1. The Morgan fingerprint density at radius 2 is 1.92 bits per heavy atom. The van der Waals surface area contributed by atoms with Gasteiger partial charge in [-0.1, -0.05) is 44.2 Å². The molecule has 1 N–H and O–H groups in total. The number of ether oxygens (including phenoxy) is 1. The predicted molar refractivity (Wildman–Crippen MR) is 98.1 cm³/mol. The zero-order valence-electron chi connectivity index (χ0n) is 15.7. The van der Waals surface area contributed by atoms with E-state index in [1.807, 2.05) is 49.1 Å². The van der Waals surface area contributed by atoms with Crippen LogP contribution < -0.4 is 5.32 Å². The monoisotopic (exact) mass is 360 g/mol. The van der Waals surface area contributed by atoms with E-state index >= 15 is 0 Å². The zero-order chi connectivity index (χ0) is 19.1. The Bertz CT molecular complexity index is 630. The lowest BCUT2D eigenvalue weighted by Crippen LogP contribution is -2.47. The molecule has 2 rings (SSSR count). The van der Waals surface area contributed by atoms with Gasteiger partial charge in [0.2, 0.25) is 11.8 Å². The number of carbonyl (C=O) groups excluding carboxylic acids is 3. The molecule has 0 bridgehead atoms. The summed E-state index contributed by atoms with van der Waals surface area (Å²) in [7, 11) is 1.32. The second-order valence-electron chi connectivity index (χ2n) is 6.99. The molecule has 26 heavy (non-hydrogen) atoms. The number of hydrogen-bond donors (Lipinski definition) is 1. The molecule has 6 nitrogen and oxygen atoms in total. The number of nitrogens with zero attached hydrogens (tertiary/aromatic N) is 1. The van der Waals surface area contributed by atoms with Gasteiger partial charge >= 0.3 is 5.97 Å². The minimum atomic E-state index is -0.619. The first-order valence-electron chi connectivity index (χ1n) is 9.15. The fourth-order valence-corrected chi connectivity index (χ4v) is 3.15. The van der Waals surface area contributed by atoms with Crippen LogP contribution in [-0.2, 0) is 19.1 Å². The van der Waals surface area contributed by atoms with Gasteiger partial charge in [0.1, 0.15) is 6.04 Å². The van der Waals surface area contributed by atoms with Crippen molar-refractivity contribution in [2.45, 2.75) is 51.6 Å². The standard InChI is InChI=1S/C20H28N2O4/c1-14(2)19(20(25)26-3)21-17(23)11-7-8-12-22-16(13-18(22)24)15-9-5-4-6-10-15/h4-6,9-10,14,16,19H,7-8,11-13H2,1-3H3,(H,21,23)/t16?,19-/m0/s1. The average molecular weight is 360 g/mol. The fourth-order valence-electron chi connectivity index (χ4n) is 3.15. The quantitative estimate of drug-likeness (QED) is 0.417. The summed E-state index contributed by atoms with van der Waals surface area (Å²) in [5, 5.41) is 2.73. The van der Waals surface area contributed by atoms with Crippen molar-refractivity contribution in [3.63, 3.8) is 0 Å². The Hall–Kier alpha value is -2.37. The predicted octanol–water partition coefficient (Wildman–Crippen LogP) is 2.44. The van der Waals surface area contributed by atoms with Crippen LogP contribution in [-0.4, -0.2) is 42.4 Å². The first kappa shape index (κ1) is 19.9. The first-order valence-corrected chi connectivity index (χ1v) is 9.15. The smallest absolute Gasteiger partial charge is 0.328 e. The van der Waals surface area contributed by atoms with Crippen LogP contribution in [0.4, 0.5) is 0 Å². The third-order valence-electron chi connectivity index (χ3n) is 4.74. The Balaban J connectivity index is 1.73. The van der Waals surface area contributed by atoms with Crippen molar-refractivity contribution in [1.82, 2.24) is 10.2 Å². The third kappa shape index (κ3) is 5.07. The SMILES string of the molecule is COC(=O)[C@@H](NC(=O)CCCCN1C(=O)CC1c1ccccc1)C(C)C. The van der Waals surface area contributed by atoms with E-state index < -0.39 is 12.0 Å². The summed E-state index contributed by atoms with van der Waals surface area (Å²) in [5.74, 6) is -0.459. The summed E-state index contributed by atoms with van der Waals surface area (Å²) < 4.78 is 4.72. The van der Waals surface area contributed by atoms with Gasteiger partial charge in [-0.05, 0) is 24.3 Å². The van der Waals surface area contributed by atoms with Crippen molar-refractivity contribution < 1.29 is 19.1 Å². The lowest BCUT2D eigenvalue weighted by molar-refractivity contribution is -0.147. The molecular weight excluding hydrogens is 332 g/mol. The van der Waals surface area contributed by atoms with Gasteiger partial charge in [0, 0.05) is 13.0 Å². The maximum Gasteiger partial charge on any atom is 0.328 e. The van der Waals surface area contributed by atoms with Gasteiger partial charge in [0.15, 0.2) is 0 Å². The summed E-state index contributed by atoms with van der Waals surface area (Å²) in [6, 6.07) is 9.53. The molecular formula is C20H28N2O4. The van der Waals surface area contributed by atoms with Gasteiger partial charge in [-0.2, -0.15) is 0 Å². The van der Waals surface area contributed by atoms with Crippen LogP contribution in [0.1, 0.15) is 51.1 Å². The number of β-lactam (4-membered cyclic amide) rings is 1. The van der Waals surface area contributed by atoms with Crippen LogP contribution in [0.2, 0.25) is 0 Å². The molecule has 6 heteroatoms. The van der Waals surface area contributed by atoms with Crippen molar-refractivity contribution >= 4 is 17.8 Å². The van der Waals surface area contributed by atoms with E-state index in [0.717, 1.165) is 12.0 Å². The van der Waals surface area contributed by atoms with E-state index in [4.69, 9.17) is 4.74 Å². The highest BCUT2D eigenvalue weighted by Gasteiger charge is 2.36. The molecule has 1 aromatic carbocycles. The van der Waals surface area contributed by atoms with Crippen LogP contribution in [0.3, 0.4) is 0 Å².